The van der Waals surface area contributed by atoms with Crippen LogP contribution in [-0.4, -0.2) is 21.3 Å². The second-order valence-electron chi connectivity index (χ2n) is 2.90. The van der Waals surface area contributed by atoms with Crippen LogP contribution in [0.1, 0.15) is 17.4 Å². The average Bonchev–Trinajstić information content (AvgIpc) is 2.12. The summed E-state index contributed by atoms with van der Waals surface area (Å²) in [5, 5.41) is 19.1. The first-order valence-electron chi connectivity index (χ1n) is 3.89. The molecule has 0 fully saturated rings. The molecule has 13 heavy (non-hydrogen) atoms. The summed E-state index contributed by atoms with van der Waals surface area (Å²) >= 11 is 5.66. The molecule has 1 aliphatic rings. The predicted molar refractivity (Wildman–Crippen MR) is 49.2 cm³/mol. The summed E-state index contributed by atoms with van der Waals surface area (Å²) in [6, 6.07) is 3.41. The third-order valence-electron chi connectivity index (χ3n) is 2.00. The lowest BCUT2D eigenvalue weighted by molar-refractivity contribution is 0.0440. The summed E-state index contributed by atoms with van der Waals surface area (Å²) in [6.07, 6.45) is 1.38. The van der Waals surface area contributed by atoms with E-state index in [4.69, 9.17) is 11.6 Å². The van der Waals surface area contributed by atoms with Gasteiger partial charge in [0.25, 0.3) is 0 Å². The predicted octanol–water partition coefficient (Wildman–Crippen LogP) is 1.16. The molecule has 2 rings (SSSR count). The van der Waals surface area contributed by atoms with E-state index in [9.17, 15) is 10.2 Å². The van der Waals surface area contributed by atoms with Crippen LogP contribution in [0.2, 0.25) is 5.15 Å². The van der Waals surface area contributed by atoms with Gasteiger partial charge in [0.15, 0.2) is 0 Å². The maximum atomic E-state index is 9.53. The van der Waals surface area contributed by atoms with Gasteiger partial charge in [0.2, 0.25) is 0 Å². The molecule has 0 radical (unpaired) electrons. The van der Waals surface area contributed by atoms with Crippen LogP contribution in [0.15, 0.2) is 18.2 Å². The van der Waals surface area contributed by atoms with E-state index in [-0.39, 0.29) is 0 Å². The first kappa shape index (κ1) is 8.69. The van der Waals surface area contributed by atoms with Gasteiger partial charge in [0.05, 0.1) is 5.69 Å². The normalized spacial score (nSPS) is 25.8. The molecule has 4 heteroatoms. The Bertz CT molecular complexity index is 365. The largest absolute Gasteiger partial charge is 0.386 e. The van der Waals surface area contributed by atoms with Crippen molar-refractivity contribution < 1.29 is 10.2 Å². The molecule has 0 aliphatic heterocycles. The fourth-order valence-corrected chi connectivity index (χ4v) is 1.46. The number of pyridine rings is 1. The molecule has 0 spiro atoms. The zero-order chi connectivity index (χ0) is 9.42. The monoisotopic (exact) mass is 197 g/mol. The third-order valence-corrected chi connectivity index (χ3v) is 2.21. The quantitative estimate of drug-likeness (QED) is 0.614. The van der Waals surface area contributed by atoms with Crippen molar-refractivity contribution in [3.63, 3.8) is 0 Å². The molecule has 0 bridgehead atoms. The SMILES string of the molecule is O[C@@H]1c2nc(Cl)ccc2C=C[C@@H]1O. The first-order valence-corrected chi connectivity index (χ1v) is 4.27. The molecule has 1 aromatic heterocycles. The van der Waals surface area contributed by atoms with Gasteiger partial charge in [-0.3, -0.25) is 0 Å². The van der Waals surface area contributed by atoms with Crippen LogP contribution in [0.3, 0.4) is 0 Å². The fourth-order valence-electron chi connectivity index (χ4n) is 1.31. The summed E-state index contributed by atoms with van der Waals surface area (Å²) in [5.41, 5.74) is 1.23. The molecule has 3 nitrogen and oxygen atoms in total. The molecule has 68 valence electrons. The van der Waals surface area contributed by atoms with E-state index >= 15 is 0 Å². The van der Waals surface area contributed by atoms with E-state index in [0.29, 0.717) is 10.8 Å². The van der Waals surface area contributed by atoms with Gasteiger partial charge >= 0.3 is 0 Å². The molecule has 1 aliphatic carbocycles. The molecule has 1 aromatic rings. The van der Waals surface area contributed by atoms with Crippen molar-refractivity contribution in [1.82, 2.24) is 4.98 Å². The number of hydrogen-bond acceptors (Lipinski definition) is 3. The standard InChI is InChI=1S/C9H8ClNO2/c10-7-4-2-5-1-3-6(12)9(13)8(5)11-7/h1-4,6,9,12-13H/t6-,9-/m0/s1. The molecular weight excluding hydrogens is 190 g/mol. The van der Waals surface area contributed by atoms with Gasteiger partial charge in [-0.2, -0.15) is 0 Å². The molecule has 0 saturated carbocycles. The first-order chi connectivity index (χ1) is 6.18. The third kappa shape index (κ3) is 1.46. The highest BCUT2D eigenvalue weighted by Crippen LogP contribution is 2.27. The van der Waals surface area contributed by atoms with Gasteiger partial charge in [0, 0.05) is 0 Å². The van der Waals surface area contributed by atoms with Crippen molar-refractivity contribution in [2.45, 2.75) is 12.2 Å². The Morgan fingerprint density at radius 1 is 1.31 bits per heavy atom. The van der Waals surface area contributed by atoms with E-state index < -0.39 is 12.2 Å². The number of aliphatic hydroxyl groups is 2. The van der Waals surface area contributed by atoms with Crippen LogP contribution < -0.4 is 0 Å². The Balaban J connectivity index is 2.54. The van der Waals surface area contributed by atoms with Gasteiger partial charge in [-0.25, -0.2) is 4.98 Å². The lowest BCUT2D eigenvalue weighted by Gasteiger charge is -2.20. The summed E-state index contributed by atoms with van der Waals surface area (Å²) in [4.78, 5) is 3.95. The maximum absolute atomic E-state index is 9.53. The number of fused-ring (bicyclic) bond motifs is 1. The van der Waals surface area contributed by atoms with E-state index in [1.54, 1.807) is 18.2 Å². The zero-order valence-corrected chi connectivity index (χ0v) is 7.44. The molecule has 0 amide bonds. The van der Waals surface area contributed by atoms with Crippen molar-refractivity contribution >= 4 is 17.7 Å². The number of halogens is 1. The molecule has 0 aromatic carbocycles. The van der Waals surface area contributed by atoms with E-state index in [1.807, 2.05) is 0 Å². The highest BCUT2D eigenvalue weighted by atomic mass is 35.5. The van der Waals surface area contributed by atoms with Gasteiger partial charge in [-0.15, -0.1) is 0 Å². The highest BCUT2D eigenvalue weighted by Gasteiger charge is 2.23. The molecule has 2 N–H and O–H groups in total. The summed E-state index contributed by atoms with van der Waals surface area (Å²) < 4.78 is 0. The van der Waals surface area contributed by atoms with Crippen molar-refractivity contribution in [3.05, 3.63) is 34.6 Å². The molecule has 0 unspecified atom stereocenters. The van der Waals surface area contributed by atoms with Crippen LogP contribution in [0.4, 0.5) is 0 Å². The number of aliphatic hydroxyl groups excluding tert-OH is 2. The Morgan fingerprint density at radius 2 is 2.08 bits per heavy atom. The van der Waals surface area contributed by atoms with Crippen LogP contribution >= 0.6 is 11.6 Å². The minimum absolute atomic E-state index is 0.320. The second-order valence-corrected chi connectivity index (χ2v) is 3.29. The molecule has 1 heterocycles. The van der Waals surface area contributed by atoms with E-state index in [0.717, 1.165) is 5.56 Å². The topological polar surface area (TPSA) is 53.4 Å². The lowest BCUT2D eigenvalue weighted by atomic mass is 9.98. The molecular formula is C9H8ClNO2. The summed E-state index contributed by atoms with van der Waals surface area (Å²) in [5.74, 6) is 0. The van der Waals surface area contributed by atoms with Crippen molar-refractivity contribution in [2.24, 2.45) is 0 Å². The Labute approximate surface area is 80.3 Å². The summed E-state index contributed by atoms with van der Waals surface area (Å²) in [7, 11) is 0. The smallest absolute Gasteiger partial charge is 0.129 e. The van der Waals surface area contributed by atoms with Crippen LogP contribution in [0, 0.1) is 0 Å². The highest BCUT2D eigenvalue weighted by molar-refractivity contribution is 6.29. The average molecular weight is 198 g/mol. The van der Waals surface area contributed by atoms with Crippen LogP contribution in [0.25, 0.3) is 6.08 Å². The summed E-state index contributed by atoms with van der Waals surface area (Å²) in [6.45, 7) is 0. The number of nitrogens with zero attached hydrogens (tertiary/aromatic N) is 1. The minimum Gasteiger partial charge on any atom is -0.386 e. The van der Waals surface area contributed by atoms with Gasteiger partial charge < -0.3 is 10.2 Å². The van der Waals surface area contributed by atoms with E-state index in [2.05, 4.69) is 4.98 Å². The fraction of sp³-hybridized carbons (Fsp3) is 0.222. The van der Waals surface area contributed by atoms with Crippen molar-refractivity contribution in [2.75, 3.05) is 0 Å². The second kappa shape index (κ2) is 3.10. The maximum Gasteiger partial charge on any atom is 0.129 e. The Hall–Kier alpha value is -0.900. The zero-order valence-electron chi connectivity index (χ0n) is 6.68. The van der Waals surface area contributed by atoms with Gasteiger partial charge in [0.1, 0.15) is 17.4 Å². The number of aromatic nitrogens is 1. The van der Waals surface area contributed by atoms with Crippen LogP contribution in [0.5, 0.6) is 0 Å². The molecule has 2 atom stereocenters. The lowest BCUT2D eigenvalue weighted by Crippen LogP contribution is -2.20. The number of rotatable bonds is 0. The van der Waals surface area contributed by atoms with Crippen molar-refractivity contribution in [1.29, 1.82) is 0 Å². The molecule has 0 saturated heterocycles. The Morgan fingerprint density at radius 3 is 2.85 bits per heavy atom. The van der Waals surface area contributed by atoms with Crippen LogP contribution in [-0.2, 0) is 0 Å². The number of hydrogen-bond donors (Lipinski definition) is 2. The van der Waals surface area contributed by atoms with Crippen molar-refractivity contribution in [3.8, 4) is 0 Å². The minimum atomic E-state index is -0.973. The Kier molecular flexibility index (Phi) is 2.07. The van der Waals surface area contributed by atoms with E-state index in [1.165, 1.54) is 6.08 Å². The van der Waals surface area contributed by atoms with Gasteiger partial charge in [-0.1, -0.05) is 29.8 Å². The van der Waals surface area contributed by atoms with Gasteiger partial charge in [-0.05, 0) is 11.6 Å².